The van der Waals surface area contributed by atoms with E-state index in [1.54, 1.807) is 78.9 Å². The van der Waals surface area contributed by atoms with Gasteiger partial charge in [-0.1, -0.05) is 89.9 Å². The van der Waals surface area contributed by atoms with E-state index in [-0.39, 0.29) is 43.9 Å². The van der Waals surface area contributed by atoms with E-state index in [9.17, 15) is 24.3 Å². The monoisotopic (exact) mass is 850 g/mol. The largest absolute Gasteiger partial charge is 0.489 e. The van der Waals surface area contributed by atoms with Gasteiger partial charge in [-0.3, -0.25) is 19.4 Å². The minimum Gasteiger partial charge on any atom is -0.489 e. The second-order valence-corrected chi connectivity index (χ2v) is 15.6. The molecule has 2 aliphatic rings. The summed E-state index contributed by atoms with van der Waals surface area (Å²) in [7, 11) is 0. The van der Waals surface area contributed by atoms with Crippen LogP contribution in [0.15, 0.2) is 128 Å². The van der Waals surface area contributed by atoms with Crippen molar-refractivity contribution < 1.29 is 33.8 Å². The Morgan fingerprint density at radius 2 is 1.59 bits per heavy atom. The number of hydrogen-bond acceptors (Lipinski definition) is 8. The van der Waals surface area contributed by atoms with Crippen LogP contribution in [0, 0.1) is 11.3 Å². The lowest BCUT2D eigenvalue weighted by atomic mass is 9.88. The van der Waals surface area contributed by atoms with Crippen LogP contribution in [0.5, 0.6) is 11.5 Å². The number of benzene rings is 5. The molecule has 2 N–H and O–H groups in total. The highest BCUT2D eigenvalue weighted by Gasteiger charge is 2.39. The summed E-state index contributed by atoms with van der Waals surface area (Å²) < 4.78 is 12.2. The number of carbonyl (C=O) groups is 4. The third-order valence-electron chi connectivity index (χ3n) is 10.8. The predicted octanol–water partition coefficient (Wildman–Crippen LogP) is 8.13. The maximum absolute atomic E-state index is 14.1. The number of ether oxygens (including phenoxy) is 2. The number of Topliss-reactive ketones (excluding diaryl/α,β-unsaturated/α-hetero) is 1. The van der Waals surface area contributed by atoms with E-state index in [2.05, 4.69) is 16.4 Å². The lowest BCUT2D eigenvalue weighted by Crippen LogP contribution is -2.56. The van der Waals surface area contributed by atoms with Gasteiger partial charge in [-0.05, 0) is 88.0 Å². The first-order valence-corrected chi connectivity index (χ1v) is 20.1. The van der Waals surface area contributed by atoms with Crippen LogP contribution in [0.2, 0.25) is 10.0 Å². The van der Waals surface area contributed by atoms with Crippen molar-refractivity contribution in [1.29, 1.82) is 5.26 Å². The van der Waals surface area contributed by atoms with Gasteiger partial charge < -0.3 is 24.8 Å². The molecule has 0 saturated heterocycles. The Labute approximate surface area is 361 Å². The number of pyridine rings is 1. The van der Waals surface area contributed by atoms with Crippen LogP contribution in [0.4, 0.5) is 0 Å². The van der Waals surface area contributed by atoms with Crippen LogP contribution in [-0.2, 0) is 46.8 Å². The van der Waals surface area contributed by atoms with Crippen LogP contribution in [-0.4, -0.2) is 50.6 Å². The average molecular weight is 852 g/mol. The molecular formula is C48H36Cl2N4O7. The van der Waals surface area contributed by atoms with Crippen molar-refractivity contribution in [1.82, 2.24) is 15.2 Å². The normalized spacial score (nSPS) is 16.0. The number of aromatic nitrogens is 1. The molecule has 2 aliphatic heterocycles. The Bertz CT molecular complexity index is 2690. The molecule has 13 heteroatoms. The Morgan fingerprint density at radius 1 is 0.869 bits per heavy atom. The third-order valence-corrected chi connectivity index (χ3v) is 11.5. The van der Waals surface area contributed by atoms with Crippen molar-refractivity contribution >= 4 is 46.8 Å². The van der Waals surface area contributed by atoms with E-state index in [4.69, 9.17) is 37.9 Å². The van der Waals surface area contributed by atoms with Gasteiger partial charge in [-0.25, -0.2) is 4.79 Å². The molecule has 0 bridgehead atoms. The molecule has 6 aromatic rings. The van der Waals surface area contributed by atoms with Gasteiger partial charge >= 0.3 is 5.97 Å². The molecule has 0 aliphatic carbocycles. The summed E-state index contributed by atoms with van der Waals surface area (Å²) in [5.41, 5.74) is 6.75. The SMILES string of the molecule is N#Cc1ccc(-c2ccc(C[C@H](NC(=O)[C@@H]3Cc4cc5c(cc4CN3C(=O)c3ccccn3)OC(c3ccc(OCc4ccc(Cl)c(Cl)c4)cc3)C(=O)C5)C(=O)O)cc2)cc1. The smallest absolute Gasteiger partial charge is 0.326 e. The first-order chi connectivity index (χ1) is 29.5. The summed E-state index contributed by atoms with van der Waals surface area (Å²) in [4.78, 5) is 59.9. The lowest BCUT2D eigenvalue weighted by Gasteiger charge is -2.37. The van der Waals surface area contributed by atoms with Crippen LogP contribution in [0.1, 0.15) is 55.5 Å². The number of nitrogens with zero attached hydrogens (tertiary/aromatic N) is 3. The average Bonchev–Trinajstić information content (AvgIpc) is 3.28. The van der Waals surface area contributed by atoms with Crippen LogP contribution in [0.3, 0.4) is 0 Å². The van der Waals surface area contributed by atoms with Crippen molar-refractivity contribution in [2.75, 3.05) is 0 Å². The Kier molecular flexibility index (Phi) is 11.8. The van der Waals surface area contributed by atoms with Crippen LogP contribution >= 0.6 is 23.2 Å². The van der Waals surface area contributed by atoms with E-state index >= 15 is 0 Å². The fourth-order valence-electron chi connectivity index (χ4n) is 7.54. The number of carboxylic acids is 1. The maximum atomic E-state index is 14.1. The zero-order chi connectivity index (χ0) is 42.6. The van der Waals surface area contributed by atoms with Gasteiger partial charge in [0.05, 0.1) is 21.7 Å². The summed E-state index contributed by atoms with van der Waals surface area (Å²) in [5, 5.41) is 22.9. The van der Waals surface area contributed by atoms with E-state index in [0.717, 1.165) is 27.8 Å². The summed E-state index contributed by atoms with van der Waals surface area (Å²) in [5.74, 6) is -1.42. The van der Waals surface area contributed by atoms with Crippen molar-refractivity contribution in [3.05, 3.63) is 182 Å². The number of carboxylic acid groups (broad SMARTS) is 1. The molecule has 304 valence electrons. The molecule has 11 nitrogen and oxygen atoms in total. The van der Waals surface area contributed by atoms with Gasteiger partial charge in [0.1, 0.15) is 35.9 Å². The zero-order valence-corrected chi connectivity index (χ0v) is 33.9. The molecule has 3 atom stereocenters. The lowest BCUT2D eigenvalue weighted by molar-refractivity contribution is -0.142. The Balaban J connectivity index is 0.991. The third kappa shape index (κ3) is 9.11. The van der Waals surface area contributed by atoms with Crippen LogP contribution < -0.4 is 14.8 Å². The number of halogens is 2. The van der Waals surface area contributed by atoms with Crippen molar-refractivity contribution in [2.45, 2.75) is 50.6 Å². The Morgan fingerprint density at radius 3 is 2.26 bits per heavy atom. The highest BCUT2D eigenvalue weighted by atomic mass is 35.5. The molecule has 2 amide bonds. The first kappa shape index (κ1) is 40.8. The van der Waals surface area contributed by atoms with Gasteiger partial charge in [-0.2, -0.15) is 5.26 Å². The van der Waals surface area contributed by atoms with Crippen molar-refractivity contribution in [2.24, 2.45) is 0 Å². The molecule has 1 unspecified atom stereocenters. The van der Waals surface area contributed by atoms with E-state index in [1.165, 1.54) is 11.1 Å². The van der Waals surface area contributed by atoms with Crippen LogP contribution in [0.25, 0.3) is 11.1 Å². The molecule has 0 fully saturated rings. The number of carbonyl (C=O) groups excluding carboxylic acids is 3. The van der Waals surface area contributed by atoms with Gasteiger partial charge in [-0.15, -0.1) is 0 Å². The second kappa shape index (κ2) is 17.7. The van der Waals surface area contributed by atoms with Crippen molar-refractivity contribution in [3.63, 3.8) is 0 Å². The zero-order valence-electron chi connectivity index (χ0n) is 32.4. The summed E-state index contributed by atoms with van der Waals surface area (Å²) in [6, 6.07) is 35.1. The summed E-state index contributed by atoms with van der Waals surface area (Å²) >= 11 is 12.2. The first-order valence-electron chi connectivity index (χ1n) is 19.4. The minimum absolute atomic E-state index is 0.00513. The van der Waals surface area contributed by atoms with Gasteiger partial charge in [0.15, 0.2) is 11.9 Å². The number of fused-ring (bicyclic) bond motifs is 2. The van der Waals surface area contributed by atoms with E-state index in [0.29, 0.717) is 43.8 Å². The number of nitrogens with one attached hydrogen (secondary N) is 1. The fraction of sp³-hybridized carbons (Fsp3) is 0.167. The molecule has 8 rings (SSSR count). The van der Waals surface area contributed by atoms with E-state index < -0.39 is 36.0 Å². The number of ketones is 1. The molecule has 1 aromatic heterocycles. The number of aliphatic carboxylic acids is 1. The molecule has 3 heterocycles. The van der Waals surface area contributed by atoms with Gasteiger partial charge in [0.25, 0.3) is 5.91 Å². The standard InChI is InChI=1S/C48H36Cl2N4O7/c49-38-17-8-30(19-39(38)50)27-60-37-15-13-33(14-16-37)45-43(55)23-35-21-34-22-42(54(26-36(34)24-44(35)61-45)47(57)40-3-1-2-18-52-40)46(56)53-41(48(58)59)20-28-4-9-31(10-5-28)32-11-6-29(25-51)7-12-32/h1-19,21,24,41-42,45H,20,22-23,26-27H2,(H,53,56)(H,58,59)/t41-,42-,45?/m0/s1. The summed E-state index contributed by atoms with van der Waals surface area (Å²) in [6.07, 6.45) is 0.766. The molecule has 0 saturated carbocycles. The van der Waals surface area contributed by atoms with E-state index in [1.807, 2.05) is 42.5 Å². The van der Waals surface area contributed by atoms with Crippen molar-refractivity contribution in [3.8, 4) is 28.7 Å². The molecule has 61 heavy (non-hydrogen) atoms. The van der Waals surface area contributed by atoms with Gasteiger partial charge in [0.2, 0.25) is 5.91 Å². The number of hydrogen-bond donors (Lipinski definition) is 2. The predicted molar refractivity (Wildman–Crippen MR) is 227 cm³/mol. The maximum Gasteiger partial charge on any atom is 0.326 e. The topological polar surface area (TPSA) is 159 Å². The molecule has 0 radical (unpaired) electrons. The highest BCUT2D eigenvalue weighted by molar-refractivity contribution is 6.42. The Hall–Kier alpha value is -7.00. The summed E-state index contributed by atoms with van der Waals surface area (Å²) in [6.45, 7) is 0.283. The second-order valence-electron chi connectivity index (χ2n) is 14.8. The number of nitriles is 1. The van der Waals surface area contributed by atoms with Gasteiger partial charge in [0, 0.05) is 43.1 Å². The molecule has 5 aromatic carbocycles. The number of amides is 2. The molecule has 0 spiro atoms. The number of rotatable bonds is 11. The quantitative estimate of drug-likeness (QED) is 0.131. The minimum atomic E-state index is -1.30. The molecular weight excluding hydrogens is 815 g/mol. The highest BCUT2D eigenvalue weighted by Crippen LogP contribution is 2.38. The fourth-order valence-corrected chi connectivity index (χ4v) is 7.86.